The molecule has 11 heteroatoms. The van der Waals surface area contributed by atoms with Crippen molar-refractivity contribution in [2.75, 3.05) is 13.3 Å². The van der Waals surface area contributed by atoms with Crippen LogP contribution in [-0.2, 0) is 14.3 Å². The van der Waals surface area contributed by atoms with Crippen LogP contribution in [0.5, 0.6) is 0 Å². The molecule has 0 aliphatic carbocycles. The van der Waals surface area contributed by atoms with E-state index >= 15 is 0 Å². The van der Waals surface area contributed by atoms with Crippen molar-refractivity contribution in [2.45, 2.75) is 29.7 Å². The number of ether oxygens (including phenoxy) is 2. The summed E-state index contributed by atoms with van der Waals surface area (Å²) in [6, 6.07) is 9.26. The van der Waals surface area contributed by atoms with Crippen LogP contribution in [0, 0.1) is 0 Å². The van der Waals surface area contributed by atoms with Crippen LogP contribution in [0.2, 0.25) is 0 Å². The van der Waals surface area contributed by atoms with Crippen LogP contribution in [0.1, 0.15) is 5.56 Å². The van der Waals surface area contributed by atoms with Crippen molar-refractivity contribution in [1.29, 1.82) is 0 Å². The number of carbonyl (C=O) groups excluding carboxylic acids is 1. The van der Waals surface area contributed by atoms with Crippen LogP contribution in [-0.4, -0.2) is 81.9 Å². The molecule has 0 bridgehead atoms. The van der Waals surface area contributed by atoms with Gasteiger partial charge >= 0.3 is 5.97 Å². The van der Waals surface area contributed by atoms with Gasteiger partial charge in [-0.3, -0.25) is 10.7 Å². The standard InChI is InChI=1S/C19H20ClN5O5/c20-19(21)16-17(22-9-24-19)25(10-23-16)18-15(28)14(27)12(30-18)8-29-13(26)7-6-11-4-2-1-3-5-11/h1-7,9,12,14-15,18,27-28H,8,10,21H2/t12-,14-,15-,18-,19?/m1/s1. The number of amidine groups is 1. The number of hydrogen-bond donors (Lipinski definition) is 3. The van der Waals surface area contributed by atoms with Crippen LogP contribution < -0.4 is 5.73 Å². The van der Waals surface area contributed by atoms with Crippen molar-refractivity contribution in [3.63, 3.8) is 0 Å². The van der Waals surface area contributed by atoms with Crippen molar-refractivity contribution in [3.8, 4) is 0 Å². The molecule has 1 aromatic rings. The van der Waals surface area contributed by atoms with E-state index in [1.54, 1.807) is 6.08 Å². The lowest BCUT2D eigenvalue weighted by Crippen LogP contribution is -2.52. The maximum absolute atomic E-state index is 12.0. The summed E-state index contributed by atoms with van der Waals surface area (Å²) in [4.78, 5) is 25.7. The first kappa shape index (κ1) is 20.6. The Kier molecular flexibility index (Phi) is 5.67. The van der Waals surface area contributed by atoms with E-state index in [-0.39, 0.29) is 19.0 Å². The molecule has 30 heavy (non-hydrogen) atoms. The first-order chi connectivity index (χ1) is 14.4. The minimum atomic E-state index is -1.55. The third kappa shape index (κ3) is 4.00. The van der Waals surface area contributed by atoms with Crippen LogP contribution in [0.15, 0.2) is 51.4 Å². The number of fused-ring (bicyclic) bond motifs is 1. The maximum Gasteiger partial charge on any atom is 0.330 e. The molecule has 0 spiro atoms. The third-order valence-electron chi connectivity index (χ3n) is 4.87. The van der Waals surface area contributed by atoms with Gasteiger partial charge in [0, 0.05) is 6.08 Å². The molecule has 3 heterocycles. The van der Waals surface area contributed by atoms with E-state index in [2.05, 4.69) is 15.0 Å². The summed E-state index contributed by atoms with van der Waals surface area (Å²) in [5.41, 5.74) is 6.97. The van der Waals surface area contributed by atoms with E-state index in [4.69, 9.17) is 26.8 Å². The summed E-state index contributed by atoms with van der Waals surface area (Å²) < 4.78 is 10.9. The Morgan fingerprint density at radius 3 is 2.90 bits per heavy atom. The lowest BCUT2D eigenvalue weighted by Gasteiger charge is -2.30. The highest BCUT2D eigenvalue weighted by atomic mass is 35.5. The number of esters is 1. The number of aliphatic hydroxyl groups is 2. The van der Waals surface area contributed by atoms with Crippen molar-refractivity contribution in [2.24, 2.45) is 20.7 Å². The van der Waals surface area contributed by atoms with E-state index < -0.39 is 35.6 Å². The van der Waals surface area contributed by atoms with Crippen molar-refractivity contribution >= 4 is 41.5 Å². The molecule has 0 saturated carbocycles. The van der Waals surface area contributed by atoms with Gasteiger partial charge in [0.1, 0.15) is 43.6 Å². The summed E-state index contributed by atoms with van der Waals surface area (Å²) >= 11 is 6.12. The zero-order valence-corrected chi connectivity index (χ0v) is 16.5. The number of benzene rings is 1. The monoisotopic (exact) mass is 433 g/mol. The fraction of sp³-hybridized carbons (Fsp3) is 0.368. The second-order valence-electron chi connectivity index (χ2n) is 6.91. The normalized spacial score (nSPS) is 32.9. The number of hydrogen-bond acceptors (Lipinski definition) is 10. The summed E-state index contributed by atoms with van der Waals surface area (Å²) in [6.07, 6.45) is -0.364. The van der Waals surface area contributed by atoms with E-state index in [1.807, 2.05) is 30.3 Å². The Morgan fingerprint density at radius 2 is 2.13 bits per heavy atom. The average Bonchev–Trinajstić information content (AvgIpc) is 3.28. The number of halogens is 1. The Bertz CT molecular complexity index is 933. The number of nitrogens with zero attached hydrogens (tertiary/aromatic N) is 4. The van der Waals surface area contributed by atoms with Crippen LogP contribution in [0.4, 0.5) is 0 Å². The van der Waals surface area contributed by atoms with Crippen molar-refractivity contribution < 1.29 is 24.5 Å². The summed E-state index contributed by atoms with van der Waals surface area (Å²) in [5.74, 6) is -0.288. The number of aliphatic hydroxyl groups excluding tert-OH is 2. The molecule has 1 saturated heterocycles. The van der Waals surface area contributed by atoms with Gasteiger partial charge in [-0.15, -0.1) is 0 Å². The fourth-order valence-electron chi connectivity index (χ4n) is 3.32. The topological polar surface area (TPSA) is 142 Å². The molecule has 0 radical (unpaired) electrons. The van der Waals surface area contributed by atoms with Gasteiger partial charge in [0.25, 0.3) is 0 Å². The van der Waals surface area contributed by atoms with Crippen LogP contribution >= 0.6 is 11.6 Å². The Labute approximate surface area is 177 Å². The van der Waals surface area contributed by atoms with E-state index in [1.165, 1.54) is 17.3 Å². The van der Waals surface area contributed by atoms with Gasteiger partial charge in [0.2, 0.25) is 5.12 Å². The second kappa shape index (κ2) is 8.25. The summed E-state index contributed by atoms with van der Waals surface area (Å²) in [7, 11) is 0. The molecule has 4 N–H and O–H groups in total. The van der Waals surface area contributed by atoms with E-state index in [0.717, 1.165) is 5.56 Å². The quantitative estimate of drug-likeness (QED) is 0.250. The highest BCUT2D eigenvalue weighted by molar-refractivity contribution is 6.56. The summed E-state index contributed by atoms with van der Waals surface area (Å²) in [6.45, 7) is -0.164. The molecule has 1 aromatic carbocycles. The number of rotatable bonds is 5. The molecule has 1 unspecified atom stereocenters. The molecular weight excluding hydrogens is 414 g/mol. The highest BCUT2D eigenvalue weighted by Crippen LogP contribution is 2.30. The molecular formula is C19H20ClN5O5. The molecule has 4 rings (SSSR count). The second-order valence-corrected chi connectivity index (χ2v) is 7.49. The van der Waals surface area contributed by atoms with Gasteiger partial charge in [-0.25, -0.2) is 14.8 Å². The minimum absolute atomic E-state index is 0.0734. The van der Waals surface area contributed by atoms with Gasteiger partial charge < -0.3 is 24.6 Å². The van der Waals surface area contributed by atoms with Gasteiger partial charge in [0.15, 0.2) is 12.1 Å². The maximum atomic E-state index is 12.0. The van der Waals surface area contributed by atoms with Gasteiger partial charge in [-0.05, 0) is 11.6 Å². The van der Waals surface area contributed by atoms with Crippen molar-refractivity contribution in [1.82, 2.24) is 4.90 Å². The zero-order valence-electron chi connectivity index (χ0n) is 15.7. The third-order valence-corrected chi connectivity index (χ3v) is 5.15. The van der Waals surface area contributed by atoms with E-state index in [0.29, 0.717) is 5.84 Å². The molecule has 5 atom stereocenters. The zero-order chi connectivity index (χ0) is 21.3. The van der Waals surface area contributed by atoms with Crippen LogP contribution in [0.25, 0.3) is 6.08 Å². The predicted molar refractivity (Wildman–Crippen MR) is 110 cm³/mol. The highest BCUT2D eigenvalue weighted by Gasteiger charge is 2.50. The first-order valence-corrected chi connectivity index (χ1v) is 9.57. The van der Waals surface area contributed by atoms with Gasteiger partial charge in [-0.1, -0.05) is 41.9 Å². The predicted octanol–water partition coefficient (Wildman–Crippen LogP) is -0.305. The largest absolute Gasteiger partial charge is 0.460 e. The smallest absolute Gasteiger partial charge is 0.330 e. The van der Waals surface area contributed by atoms with Crippen LogP contribution in [0.3, 0.4) is 0 Å². The average molecular weight is 434 g/mol. The lowest BCUT2D eigenvalue weighted by atomic mass is 10.1. The number of alkyl halides is 1. The fourth-order valence-corrected chi connectivity index (χ4v) is 3.51. The lowest BCUT2D eigenvalue weighted by molar-refractivity contribution is -0.144. The molecule has 158 valence electrons. The van der Waals surface area contributed by atoms with Crippen molar-refractivity contribution in [3.05, 3.63) is 42.0 Å². The minimum Gasteiger partial charge on any atom is -0.460 e. The molecule has 1 fully saturated rings. The molecule has 10 nitrogen and oxygen atoms in total. The number of nitrogens with two attached hydrogens (primary N) is 1. The van der Waals surface area contributed by atoms with Gasteiger partial charge in [-0.2, -0.15) is 0 Å². The SMILES string of the molecule is NC1(Cl)N=CN=C2C1=NCN2[C@@H]1O[C@H](COC(=O)C=Cc2ccccc2)[C@@H](O)[C@H]1O. The Hall–Kier alpha value is -2.63. The molecule has 3 aliphatic rings. The number of carbonyl (C=O) groups is 1. The van der Waals surface area contributed by atoms with Gasteiger partial charge in [0.05, 0.1) is 0 Å². The first-order valence-electron chi connectivity index (χ1n) is 9.19. The molecule has 0 amide bonds. The summed E-state index contributed by atoms with van der Waals surface area (Å²) in [5, 5.41) is 19.2. The number of aliphatic imine (C=N–C) groups is 3. The molecule has 3 aliphatic heterocycles. The Morgan fingerprint density at radius 1 is 1.37 bits per heavy atom. The van der Waals surface area contributed by atoms with E-state index in [9.17, 15) is 15.0 Å². The Balaban J connectivity index is 1.36. The molecule has 0 aromatic heterocycles.